The molecule has 0 aromatic rings. The Morgan fingerprint density at radius 3 is 2.19 bits per heavy atom. The SMILES string of the molecule is CC/C=C\C/C=C\C/C=C\C/C=C\CCCCCCC(=O)OCC1OC(OC2CCC3(C)C(=CCC4C3CCC3(C)C(C(C)CCC(CC)C(C)C)CCC43)C2)C(O)C(O)C1O. The highest BCUT2D eigenvalue weighted by Crippen LogP contribution is 2.67. The Morgan fingerprint density at radius 1 is 0.806 bits per heavy atom. The first kappa shape index (κ1) is 51.0. The number of fused-ring (bicyclic) bond motifs is 5. The fourth-order valence-electron chi connectivity index (χ4n) is 13.0. The highest BCUT2D eigenvalue weighted by atomic mass is 16.7. The number of hydrogen-bond donors (Lipinski definition) is 3. The van der Waals surface area contributed by atoms with E-state index in [-0.39, 0.29) is 24.1 Å². The topological polar surface area (TPSA) is 105 Å². The van der Waals surface area contributed by atoms with Crippen LogP contribution in [0.15, 0.2) is 60.3 Å². The second-order valence-electron chi connectivity index (χ2n) is 21.1. The molecule has 1 aliphatic heterocycles. The summed E-state index contributed by atoms with van der Waals surface area (Å²) in [5.41, 5.74) is 2.11. The Kier molecular flexibility index (Phi) is 20.6. The molecule has 7 heteroatoms. The predicted molar refractivity (Wildman–Crippen MR) is 253 cm³/mol. The molecule has 0 aromatic heterocycles. The summed E-state index contributed by atoms with van der Waals surface area (Å²) < 4.78 is 18.0. The summed E-state index contributed by atoms with van der Waals surface area (Å²) in [6.07, 6.45) is 36.3. The Balaban J connectivity index is 1.01. The van der Waals surface area contributed by atoms with Crippen LogP contribution in [0.5, 0.6) is 0 Å². The fourth-order valence-corrected chi connectivity index (χ4v) is 13.0. The van der Waals surface area contributed by atoms with E-state index in [1.54, 1.807) is 0 Å². The van der Waals surface area contributed by atoms with Gasteiger partial charge in [-0.2, -0.15) is 0 Å². The van der Waals surface area contributed by atoms with E-state index in [2.05, 4.69) is 103 Å². The molecule has 3 saturated carbocycles. The molecule has 4 fully saturated rings. The van der Waals surface area contributed by atoms with Crippen molar-refractivity contribution in [3.05, 3.63) is 60.3 Å². The first-order valence-electron chi connectivity index (χ1n) is 25.6. The molecule has 0 amide bonds. The minimum atomic E-state index is -1.45. The van der Waals surface area contributed by atoms with Crippen LogP contribution in [0.1, 0.15) is 183 Å². The molecule has 0 radical (unpaired) electrons. The van der Waals surface area contributed by atoms with Gasteiger partial charge in [0.1, 0.15) is 31.0 Å². The van der Waals surface area contributed by atoms with E-state index < -0.39 is 30.7 Å². The first-order chi connectivity index (χ1) is 29.8. The average molecular weight is 863 g/mol. The van der Waals surface area contributed by atoms with Gasteiger partial charge in [-0.3, -0.25) is 4.79 Å². The summed E-state index contributed by atoms with van der Waals surface area (Å²) in [6, 6.07) is 0. The van der Waals surface area contributed by atoms with Gasteiger partial charge < -0.3 is 29.5 Å². The molecule has 7 nitrogen and oxygen atoms in total. The van der Waals surface area contributed by atoms with Crippen LogP contribution in [0.4, 0.5) is 0 Å². The maximum Gasteiger partial charge on any atom is 0.305 e. The second kappa shape index (κ2) is 25.0. The molecule has 0 bridgehead atoms. The zero-order valence-corrected chi connectivity index (χ0v) is 40.2. The lowest BCUT2D eigenvalue weighted by atomic mass is 9.47. The third kappa shape index (κ3) is 13.3. The van der Waals surface area contributed by atoms with Crippen LogP contribution in [0.2, 0.25) is 0 Å². The van der Waals surface area contributed by atoms with Crippen molar-refractivity contribution in [1.29, 1.82) is 0 Å². The highest BCUT2D eigenvalue weighted by molar-refractivity contribution is 5.69. The zero-order valence-electron chi connectivity index (χ0n) is 40.2. The van der Waals surface area contributed by atoms with Gasteiger partial charge in [-0.1, -0.05) is 134 Å². The quantitative estimate of drug-likeness (QED) is 0.0504. The number of carbonyl (C=O) groups excluding carboxylic acids is 1. The van der Waals surface area contributed by atoms with Crippen LogP contribution < -0.4 is 0 Å². The van der Waals surface area contributed by atoms with E-state index in [9.17, 15) is 20.1 Å². The van der Waals surface area contributed by atoms with Crippen LogP contribution in [0.25, 0.3) is 0 Å². The lowest BCUT2D eigenvalue weighted by Crippen LogP contribution is -2.60. The molecule has 0 spiro atoms. The first-order valence-corrected chi connectivity index (χ1v) is 25.6. The van der Waals surface area contributed by atoms with E-state index in [0.717, 1.165) is 119 Å². The monoisotopic (exact) mass is 863 g/mol. The number of allylic oxidation sites excluding steroid dienone is 9. The second-order valence-corrected chi connectivity index (χ2v) is 21.1. The average Bonchev–Trinajstić information content (AvgIpc) is 3.62. The number of unbranched alkanes of at least 4 members (excludes halogenated alkanes) is 4. The number of aliphatic hydroxyl groups excluding tert-OH is 3. The van der Waals surface area contributed by atoms with Gasteiger partial charge in [-0.05, 0) is 155 Å². The van der Waals surface area contributed by atoms with Gasteiger partial charge in [0.15, 0.2) is 6.29 Å². The number of aliphatic hydroxyl groups is 3. The third-order valence-electron chi connectivity index (χ3n) is 16.9. The molecule has 1 saturated heterocycles. The Hall–Kier alpha value is -2.03. The van der Waals surface area contributed by atoms with Crippen LogP contribution in [-0.4, -0.2) is 64.7 Å². The molecule has 5 rings (SSSR count). The van der Waals surface area contributed by atoms with Crippen LogP contribution in [0.3, 0.4) is 0 Å². The lowest BCUT2D eigenvalue weighted by molar-refractivity contribution is -0.313. The van der Waals surface area contributed by atoms with Crippen molar-refractivity contribution in [3.63, 3.8) is 0 Å². The van der Waals surface area contributed by atoms with Gasteiger partial charge >= 0.3 is 5.97 Å². The van der Waals surface area contributed by atoms with E-state index in [4.69, 9.17) is 14.2 Å². The summed E-state index contributed by atoms with van der Waals surface area (Å²) in [5.74, 6) is 5.17. The van der Waals surface area contributed by atoms with Crippen molar-refractivity contribution in [1.82, 2.24) is 0 Å². The van der Waals surface area contributed by atoms with Crippen LogP contribution >= 0.6 is 0 Å². The van der Waals surface area contributed by atoms with E-state index in [1.165, 1.54) is 50.5 Å². The molecule has 62 heavy (non-hydrogen) atoms. The maximum absolute atomic E-state index is 12.6. The molecular formula is C55H90O7. The smallest absolute Gasteiger partial charge is 0.305 e. The summed E-state index contributed by atoms with van der Waals surface area (Å²) in [5, 5.41) is 32.6. The van der Waals surface area contributed by atoms with Gasteiger partial charge in [0.05, 0.1) is 6.10 Å². The van der Waals surface area contributed by atoms with Gasteiger partial charge in [0.2, 0.25) is 0 Å². The molecule has 4 aliphatic carbocycles. The normalized spacial score (nSPS) is 36.0. The van der Waals surface area contributed by atoms with Crippen LogP contribution in [0, 0.1) is 52.3 Å². The summed E-state index contributed by atoms with van der Waals surface area (Å²) >= 11 is 0. The number of esters is 1. The largest absolute Gasteiger partial charge is 0.463 e. The van der Waals surface area contributed by atoms with Gasteiger partial charge in [0.25, 0.3) is 0 Å². The maximum atomic E-state index is 12.6. The fraction of sp³-hybridized carbons (Fsp3) is 0.800. The minimum Gasteiger partial charge on any atom is -0.463 e. The number of ether oxygens (including phenoxy) is 3. The molecule has 3 N–H and O–H groups in total. The zero-order chi connectivity index (χ0) is 44.7. The molecule has 1 heterocycles. The molecule has 14 atom stereocenters. The van der Waals surface area contributed by atoms with Crippen molar-refractivity contribution in [2.45, 2.75) is 220 Å². The highest BCUT2D eigenvalue weighted by Gasteiger charge is 2.59. The van der Waals surface area contributed by atoms with Crippen LogP contribution in [-0.2, 0) is 19.0 Å². The summed E-state index contributed by atoms with van der Waals surface area (Å²) in [6.45, 7) is 16.9. The summed E-state index contributed by atoms with van der Waals surface area (Å²) in [4.78, 5) is 12.6. The van der Waals surface area contributed by atoms with Crippen molar-refractivity contribution in [2.75, 3.05) is 6.61 Å². The number of hydrogen-bond acceptors (Lipinski definition) is 7. The Labute approximate surface area is 378 Å². The van der Waals surface area contributed by atoms with E-state index in [0.29, 0.717) is 17.8 Å². The van der Waals surface area contributed by atoms with Crippen molar-refractivity contribution in [3.8, 4) is 0 Å². The van der Waals surface area contributed by atoms with Crippen molar-refractivity contribution in [2.24, 2.45) is 52.3 Å². The van der Waals surface area contributed by atoms with Crippen molar-refractivity contribution < 1.29 is 34.3 Å². The Bertz CT molecular complexity index is 1500. The minimum absolute atomic E-state index is 0.151. The van der Waals surface area contributed by atoms with Gasteiger partial charge in [-0.15, -0.1) is 0 Å². The molecule has 0 aromatic carbocycles. The van der Waals surface area contributed by atoms with Gasteiger partial charge in [-0.25, -0.2) is 0 Å². The predicted octanol–water partition coefficient (Wildman–Crippen LogP) is 12.5. The van der Waals surface area contributed by atoms with Crippen molar-refractivity contribution >= 4 is 5.97 Å². The molecule has 5 aliphatic rings. The summed E-state index contributed by atoms with van der Waals surface area (Å²) in [7, 11) is 0. The third-order valence-corrected chi connectivity index (χ3v) is 16.9. The number of carbonyl (C=O) groups is 1. The molecular weight excluding hydrogens is 773 g/mol. The molecule has 14 unspecified atom stereocenters. The standard InChI is InChI=1S/C55H90O7/c1-8-10-11-12-13-14-15-16-17-18-19-20-21-22-23-24-25-26-49(56)60-38-48-50(57)51(58)52(59)53(62-48)61-43-33-35-54(6)42(37-43)29-30-44-46-32-31-45(55(46,7)36-34-47(44)54)40(5)27-28-41(9-2)39(3)4/h10-11,13-14,16-17,19-20,29,39-41,43-48,50-53,57-59H,8-9,12,15,18,21-28,30-38H2,1-7H3/b11-10-,14-13-,17-16-,20-19-. The lowest BCUT2D eigenvalue weighted by Gasteiger charge is -2.58. The number of rotatable bonds is 24. The van der Waals surface area contributed by atoms with Gasteiger partial charge in [0, 0.05) is 6.42 Å². The van der Waals surface area contributed by atoms with E-state index >= 15 is 0 Å². The van der Waals surface area contributed by atoms with E-state index in [1.807, 2.05) is 0 Å². The Morgan fingerprint density at radius 2 is 1.50 bits per heavy atom. The molecule has 352 valence electrons.